The molecule has 2 aliphatic rings. The number of aromatic nitrogens is 2. The fourth-order valence-electron chi connectivity index (χ4n) is 4.27. The summed E-state index contributed by atoms with van der Waals surface area (Å²) < 4.78 is 2.26. The number of piperidine rings is 1. The van der Waals surface area contributed by atoms with Gasteiger partial charge in [0.2, 0.25) is 0 Å². The highest BCUT2D eigenvalue weighted by Gasteiger charge is 2.25. The second-order valence-electron chi connectivity index (χ2n) is 7.60. The minimum absolute atomic E-state index is 0.151. The topological polar surface area (TPSA) is 50.2 Å². The van der Waals surface area contributed by atoms with Crippen molar-refractivity contribution in [2.24, 2.45) is 5.92 Å². The molecule has 5 nitrogen and oxygen atoms in total. The van der Waals surface area contributed by atoms with Gasteiger partial charge in [-0.05, 0) is 43.7 Å². The summed E-state index contributed by atoms with van der Waals surface area (Å²) in [5, 5.41) is 3.24. The number of nitrogens with zero attached hydrogens (tertiary/aromatic N) is 3. The molecule has 1 saturated heterocycles. The molecule has 5 heteroatoms. The lowest BCUT2D eigenvalue weighted by Crippen LogP contribution is -2.48. The Balaban J connectivity index is 1.28. The Kier molecular flexibility index (Phi) is 4.90. The Hall–Kier alpha value is -2.04. The first-order valence-electron chi connectivity index (χ1n) is 9.75. The van der Waals surface area contributed by atoms with Gasteiger partial charge in [-0.1, -0.05) is 31.4 Å². The fraction of sp³-hybridized carbons (Fsp3) is 0.600. The van der Waals surface area contributed by atoms with E-state index in [1.807, 2.05) is 17.3 Å². The van der Waals surface area contributed by atoms with Crippen LogP contribution < -0.4 is 5.32 Å². The van der Waals surface area contributed by atoms with E-state index in [0.717, 1.165) is 50.8 Å². The van der Waals surface area contributed by atoms with Crippen molar-refractivity contribution in [3.05, 3.63) is 30.6 Å². The summed E-state index contributed by atoms with van der Waals surface area (Å²) in [6.45, 7) is 2.74. The monoisotopic (exact) mass is 340 g/mol. The maximum atomic E-state index is 12.5. The molecular weight excluding hydrogens is 312 g/mol. The standard InChI is InChI=1S/C20H28N4O/c25-20(22-17-6-2-1-3-7-17)23-12-10-16(11-13-23)14-24-15-21-18-8-4-5-9-19(18)24/h4-5,8-9,15-17H,1-3,6-7,10-14H2,(H,22,25). The molecule has 0 spiro atoms. The van der Waals surface area contributed by atoms with Crippen molar-refractivity contribution in [2.45, 2.75) is 57.5 Å². The van der Waals surface area contributed by atoms with Crippen LogP contribution in [0.4, 0.5) is 4.79 Å². The molecule has 25 heavy (non-hydrogen) atoms. The smallest absolute Gasteiger partial charge is 0.317 e. The van der Waals surface area contributed by atoms with Crippen LogP contribution in [0, 0.1) is 5.92 Å². The molecule has 2 heterocycles. The molecular formula is C20H28N4O. The fourth-order valence-corrected chi connectivity index (χ4v) is 4.27. The van der Waals surface area contributed by atoms with Crippen LogP contribution in [0.1, 0.15) is 44.9 Å². The second-order valence-corrected chi connectivity index (χ2v) is 7.60. The van der Waals surface area contributed by atoms with Gasteiger partial charge in [-0.2, -0.15) is 0 Å². The van der Waals surface area contributed by atoms with Gasteiger partial charge < -0.3 is 14.8 Å². The number of urea groups is 1. The number of benzene rings is 1. The molecule has 4 rings (SSSR count). The Labute approximate surface area is 149 Å². The maximum Gasteiger partial charge on any atom is 0.317 e. The highest BCUT2D eigenvalue weighted by Crippen LogP contribution is 2.23. The summed E-state index contributed by atoms with van der Waals surface area (Å²) in [5.41, 5.74) is 2.27. The zero-order chi connectivity index (χ0) is 17.1. The van der Waals surface area contributed by atoms with Crippen LogP contribution in [0.3, 0.4) is 0 Å². The van der Waals surface area contributed by atoms with E-state index in [0.29, 0.717) is 12.0 Å². The van der Waals surface area contributed by atoms with E-state index in [9.17, 15) is 4.79 Å². The van der Waals surface area contributed by atoms with Crippen molar-refractivity contribution in [3.63, 3.8) is 0 Å². The number of hydrogen-bond donors (Lipinski definition) is 1. The van der Waals surface area contributed by atoms with Crippen LogP contribution in [0.2, 0.25) is 0 Å². The normalized spacial score (nSPS) is 20.1. The summed E-state index contributed by atoms with van der Waals surface area (Å²) in [5.74, 6) is 0.622. The average molecular weight is 340 g/mol. The molecule has 1 aliphatic carbocycles. The molecule has 1 aliphatic heterocycles. The van der Waals surface area contributed by atoms with Gasteiger partial charge in [0.1, 0.15) is 0 Å². The van der Waals surface area contributed by atoms with Crippen molar-refractivity contribution in [1.29, 1.82) is 0 Å². The number of likely N-dealkylation sites (tertiary alicyclic amines) is 1. The summed E-state index contributed by atoms with van der Waals surface area (Å²) in [4.78, 5) is 19.0. The van der Waals surface area contributed by atoms with Crippen LogP contribution >= 0.6 is 0 Å². The van der Waals surface area contributed by atoms with Crippen LogP contribution in [0.15, 0.2) is 30.6 Å². The number of fused-ring (bicyclic) bond motifs is 1. The SMILES string of the molecule is O=C(NC1CCCCC1)N1CCC(Cn2cnc3ccccc32)CC1. The third-order valence-electron chi connectivity index (χ3n) is 5.82. The minimum Gasteiger partial charge on any atom is -0.335 e. The van der Waals surface area contributed by atoms with Crippen molar-refractivity contribution in [2.75, 3.05) is 13.1 Å². The number of rotatable bonds is 3. The van der Waals surface area contributed by atoms with Gasteiger partial charge in [0.15, 0.2) is 0 Å². The Morgan fingerprint density at radius 2 is 1.84 bits per heavy atom. The van der Waals surface area contributed by atoms with E-state index >= 15 is 0 Å². The average Bonchev–Trinajstić information content (AvgIpc) is 3.06. The number of para-hydroxylation sites is 2. The van der Waals surface area contributed by atoms with Gasteiger partial charge in [-0.3, -0.25) is 0 Å². The van der Waals surface area contributed by atoms with Crippen molar-refractivity contribution >= 4 is 17.1 Å². The number of carbonyl (C=O) groups excluding carboxylic acids is 1. The molecule has 0 atom stereocenters. The second kappa shape index (κ2) is 7.46. The first-order chi connectivity index (χ1) is 12.3. The number of imidazole rings is 1. The van der Waals surface area contributed by atoms with E-state index in [2.05, 4.69) is 33.1 Å². The lowest BCUT2D eigenvalue weighted by Gasteiger charge is -2.34. The number of carbonyl (C=O) groups is 1. The van der Waals surface area contributed by atoms with Gasteiger partial charge in [0, 0.05) is 25.7 Å². The van der Waals surface area contributed by atoms with Crippen LogP contribution in [0.25, 0.3) is 11.0 Å². The molecule has 2 amide bonds. The number of hydrogen-bond acceptors (Lipinski definition) is 2. The van der Waals surface area contributed by atoms with E-state index in [-0.39, 0.29) is 6.03 Å². The van der Waals surface area contributed by atoms with Crippen LogP contribution in [-0.2, 0) is 6.54 Å². The van der Waals surface area contributed by atoms with Crippen molar-refractivity contribution in [3.8, 4) is 0 Å². The zero-order valence-corrected chi connectivity index (χ0v) is 14.9. The summed E-state index contributed by atoms with van der Waals surface area (Å²) in [6.07, 6.45) is 10.2. The van der Waals surface area contributed by atoms with E-state index in [1.165, 1.54) is 24.8 Å². The van der Waals surface area contributed by atoms with Crippen molar-refractivity contribution < 1.29 is 4.79 Å². The van der Waals surface area contributed by atoms with Gasteiger partial charge in [-0.15, -0.1) is 0 Å². The molecule has 2 aromatic rings. The molecule has 1 saturated carbocycles. The molecule has 1 N–H and O–H groups in total. The van der Waals surface area contributed by atoms with E-state index < -0.39 is 0 Å². The lowest BCUT2D eigenvalue weighted by molar-refractivity contribution is 0.160. The predicted molar refractivity (Wildman–Crippen MR) is 99.4 cm³/mol. The van der Waals surface area contributed by atoms with E-state index in [1.54, 1.807) is 0 Å². The molecule has 2 fully saturated rings. The highest BCUT2D eigenvalue weighted by atomic mass is 16.2. The summed E-state index contributed by atoms with van der Waals surface area (Å²) >= 11 is 0. The predicted octanol–water partition coefficient (Wildman–Crippen LogP) is 3.79. The molecule has 1 aromatic carbocycles. The molecule has 0 bridgehead atoms. The largest absolute Gasteiger partial charge is 0.335 e. The number of amides is 2. The quantitative estimate of drug-likeness (QED) is 0.924. The van der Waals surface area contributed by atoms with Gasteiger partial charge in [0.05, 0.1) is 17.4 Å². The molecule has 1 aromatic heterocycles. The van der Waals surface area contributed by atoms with Gasteiger partial charge in [-0.25, -0.2) is 9.78 Å². The molecule has 134 valence electrons. The Bertz CT molecular complexity index is 711. The lowest BCUT2D eigenvalue weighted by atomic mass is 9.95. The van der Waals surface area contributed by atoms with Gasteiger partial charge in [0.25, 0.3) is 0 Å². The van der Waals surface area contributed by atoms with E-state index in [4.69, 9.17) is 0 Å². The van der Waals surface area contributed by atoms with Crippen LogP contribution in [0.5, 0.6) is 0 Å². The third kappa shape index (κ3) is 3.80. The maximum absolute atomic E-state index is 12.5. The first-order valence-corrected chi connectivity index (χ1v) is 9.75. The van der Waals surface area contributed by atoms with Crippen LogP contribution in [-0.4, -0.2) is 39.6 Å². The number of nitrogens with one attached hydrogen (secondary N) is 1. The first kappa shape index (κ1) is 16.4. The summed E-state index contributed by atoms with van der Waals surface area (Å²) in [6, 6.07) is 8.84. The highest BCUT2D eigenvalue weighted by molar-refractivity contribution is 5.75. The third-order valence-corrected chi connectivity index (χ3v) is 5.82. The zero-order valence-electron chi connectivity index (χ0n) is 14.9. The Morgan fingerprint density at radius 3 is 2.64 bits per heavy atom. The molecule has 0 radical (unpaired) electrons. The molecule has 0 unspecified atom stereocenters. The van der Waals surface area contributed by atoms with Crippen molar-refractivity contribution in [1.82, 2.24) is 19.8 Å². The minimum atomic E-state index is 0.151. The summed E-state index contributed by atoms with van der Waals surface area (Å²) in [7, 11) is 0. The Morgan fingerprint density at radius 1 is 1.08 bits per heavy atom. The van der Waals surface area contributed by atoms with Gasteiger partial charge >= 0.3 is 6.03 Å².